The minimum absolute atomic E-state index is 0.0286. The number of nitrogens with one attached hydrogen (secondary N) is 1. The van der Waals surface area contributed by atoms with Crippen LogP contribution in [0, 0.1) is 6.92 Å². The molecular weight excluding hydrogens is 516 g/mol. The van der Waals surface area contributed by atoms with Crippen LogP contribution in [-0.4, -0.2) is 67.4 Å². The average molecular weight is 547 g/mol. The van der Waals surface area contributed by atoms with Crippen molar-refractivity contribution in [2.45, 2.75) is 13.5 Å². The van der Waals surface area contributed by atoms with Gasteiger partial charge in [0.2, 0.25) is 0 Å². The van der Waals surface area contributed by atoms with Crippen LogP contribution < -0.4 is 10.2 Å². The molecule has 10 heteroatoms. The van der Waals surface area contributed by atoms with E-state index in [1.165, 1.54) is 6.20 Å². The molecule has 206 valence electrons. The summed E-state index contributed by atoms with van der Waals surface area (Å²) in [6.07, 6.45) is 7.84. The molecule has 5 aromatic rings. The number of aromatic nitrogens is 5. The van der Waals surface area contributed by atoms with Crippen molar-refractivity contribution in [3.8, 4) is 11.3 Å². The molecule has 6 rings (SSSR count). The maximum Gasteiger partial charge on any atom is 0.271 e. The highest BCUT2D eigenvalue weighted by Crippen LogP contribution is 2.35. The third kappa shape index (κ3) is 5.23. The molecule has 0 aliphatic carbocycles. The van der Waals surface area contributed by atoms with Gasteiger partial charge < -0.3 is 19.7 Å². The Morgan fingerprint density at radius 1 is 0.902 bits per heavy atom. The molecule has 1 aliphatic heterocycles. The van der Waals surface area contributed by atoms with E-state index in [4.69, 9.17) is 0 Å². The van der Waals surface area contributed by atoms with Crippen molar-refractivity contribution in [3.63, 3.8) is 0 Å². The molecule has 2 aromatic carbocycles. The SMILES string of the molecule is Cc1ccc2c(c1)c(C(=O)N1CCN(c3cnc(C(=O)NCc4cnccn4)cn3)CC1)c(-c1ccccc1)n2C. The van der Waals surface area contributed by atoms with E-state index in [1.54, 1.807) is 24.8 Å². The van der Waals surface area contributed by atoms with Crippen LogP contribution in [-0.2, 0) is 13.6 Å². The first kappa shape index (κ1) is 26.1. The molecule has 1 N–H and O–H groups in total. The van der Waals surface area contributed by atoms with Gasteiger partial charge in [0.05, 0.1) is 42.1 Å². The summed E-state index contributed by atoms with van der Waals surface area (Å²) in [5, 5.41) is 3.75. The molecule has 1 fully saturated rings. The summed E-state index contributed by atoms with van der Waals surface area (Å²) in [4.78, 5) is 47.5. The standard InChI is InChI=1S/C31H30N8O2/c1-21-8-9-26-24(16-21)28(29(37(26)2)22-6-4-3-5-7-22)31(41)39-14-12-38(13-15-39)27-20-34-25(19-35-27)30(40)36-18-23-17-32-10-11-33-23/h3-11,16-17,19-20H,12-15,18H2,1-2H3,(H,36,40). The van der Waals surface area contributed by atoms with Gasteiger partial charge in [-0.25, -0.2) is 9.97 Å². The highest BCUT2D eigenvalue weighted by molar-refractivity contribution is 6.13. The number of carbonyl (C=O) groups is 2. The fraction of sp³-hybridized carbons (Fsp3) is 0.226. The molecule has 0 radical (unpaired) electrons. The van der Waals surface area contributed by atoms with Crippen LogP contribution in [0.4, 0.5) is 5.82 Å². The Balaban J connectivity index is 1.16. The summed E-state index contributed by atoms with van der Waals surface area (Å²) >= 11 is 0. The molecule has 1 saturated heterocycles. The third-order valence-corrected chi connectivity index (χ3v) is 7.42. The lowest BCUT2D eigenvalue weighted by atomic mass is 10.0. The normalized spacial score (nSPS) is 13.4. The Bertz CT molecular complexity index is 1690. The van der Waals surface area contributed by atoms with E-state index in [0.717, 1.165) is 33.3 Å². The lowest BCUT2D eigenvalue weighted by molar-refractivity contribution is 0.0748. The van der Waals surface area contributed by atoms with Crippen LogP contribution >= 0.6 is 0 Å². The van der Waals surface area contributed by atoms with Gasteiger partial charge in [0.1, 0.15) is 11.5 Å². The number of aryl methyl sites for hydroxylation is 2. The summed E-state index contributed by atoms with van der Waals surface area (Å²) in [6, 6.07) is 16.4. The number of carbonyl (C=O) groups excluding carboxylic acids is 2. The van der Waals surface area contributed by atoms with Crippen LogP contribution in [0.2, 0.25) is 0 Å². The quantitative estimate of drug-likeness (QED) is 0.346. The monoisotopic (exact) mass is 546 g/mol. The van der Waals surface area contributed by atoms with E-state index in [9.17, 15) is 9.59 Å². The van der Waals surface area contributed by atoms with E-state index in [2.05, 4.69) is 59.8 Å². The Labute approximate surface area is 237 Å². The Kier molecular flexibility index (Phi) is 7.11. The molecular formula is C31H30N8O2. The lowest BCUT2D eigenvalue weighted by Crippen LogP contribution is -2.49. The van der Waals surface area contributed by atoms with E-state index < -0.39 is 0 Å². The van der Waals surface area contributed by atoms with Gasteiger partial charge in [0.15, 0.2) is 0 Å². The van der Waals surface area contributed by atoms with Crippen LogP contribution in [0.25, 0.3) is 22.2 Å². The fourth-order valence-electron chi connectivity index (χ4n) is 5.29. The van der Waals surface area contributed by atoms with Gasteiger partial charge in [-0.2, -0.15) is 0 Å². The number of benzene rings is 2. The number of rotatable bonds is 6. The van der Waals surface area contributed by atoms with E-state index in [0.29, 0.717) is 37.7 Å². The van der Waals surface area contributed by atoms with Gasteiger partial charge in [-0.3, -0.25) is 19.6 Å². The molecule has 2 amide bonds. The maximum absolute atomic E-state index is 14.1. The predicted molar refractivity (Wildman–Crippen MR) is 156 cm³/mol. The Morgan fingerprint density at radius 3 is 2.41 bits per heavy atom. The molecule has 1 aliphatic rings. The van der Waals surface area contributed by atoms with Crippen LogP contribution in [0.3, 0.4) is 0 Å². The van der Waals surface area contributed by atoms with Crippen molar-refractivity contribution in [2.75, 3.05) is 31.1 Å². The zero-order valence-corrected chi connectivity index (χ0v) is 23.0. The smallest absolute Gasteiger partial charge is 0.271 e. The second-order valence-electron chi connectivity index (χ2n) is 10.1. The van der Waals surface area contributed by atoms with Gasteiger partial charge in [-0.05, 0) is 24.6 Å². The van der Waals surface area contributed by atoms with Gasteiger partial charge in [0.25, 0.3) is 11.8 Å². The highest BCUT2D eigenvalue weighted by atomic mass is 16.2. The van der Waals surface area contributed by atoms with Gasteiger partial charge in [-0.1, -0.05) is 42.0 Å². The predicted octanol–water partition coefficient (Wildman–Crippen LogP) is 3.63. The summed E-state index contributed by atoms with van der Waals surface area (Å²) < 4.78 is 2.12. The highest BCUT2D eigenvalue weighted by Gasteiger charge is 2.29. The second-order valence-corrected chi connectivity index (χ2v) is 10.1. The summed E-state index contributed by atoms with van der Waals surface area (Å²) in [5.74, 6) is 0.374. The topological polar surface area (TPSA) is 109 Å². The van der Waals surface area contributed by atoms with Gasteiger partial charge >= 0.3 is 0 Å². The first-order valence-electron chi connectivity index (χ1n) is 13.5. The zero-order valence-electron chi connectivity index (χ0n) is 23.0. The Hall–Kier alpha value is -5.12. The van der Waals surface area contributed by atoms with Gasteiger partial charge in [0, 0.05) is 56.5 Å². The zero-order chi connectivity index (χ0) is 28.3. The Morgan fingerprint density at radius 2 is 1.71 bits per heavy atom. The van der Waals surface area contributed by atoms with Crippen molar-refractivity contribution in [1.82, 2.24) is 34.7 Å². The van der Waals surface area contributed by atoms with Crippen molar-refractivity contribution in [2.24, 2.45) is 7.05 Å². The number of hydrogen-bond acceptors (Lipinski definition) is 7. The third-order valence-electron chi connectivity index (χ3n) is 7.42. The molecule has 0 saturated carbocycles. The van der Waals surface area contributed by atoms with Crippen molar-refractivity contribution in [1.29, 1.82) is 0 Å². The minimum Gasteiger partial charge on any atom is -0.352 e. The fourth-order valence-corrected chi connectivity index (χ4v) is 5.29. The molecule has 0 unspecified atom stereocenters. The first-order chi connectivity index (χ1) is 20.0. The minimum atomic E-state index is -0.329. The summed E-state index contributed by atoms with van der Waals surface area (Å²) in [7, 11) is 2.02. The number of amides is 2. The molecule has 3 aromatic heterocycles. The van der Waals surface area contributed by atoms with E-state index >= 15 is 0 Å². The van der Waals surface area contributed by atoms with Crippen LogP contribution in [0.1, 0.15) is 32.1 Å². The second kappa shape index (κ2) is 11.2. The van der Waals surface area contributed by atoms with Crippen LogP contribution in [0.15, 0.2) is 79.5 Å². The van der Waals surface area contributed by atoms with Crippen LogP contribution in [0.5, 0.6) is 0 Å². The molecule has 0 bridgehead atoms. The van der Waals surface area contributed by atoms with E-state index in [1.807, 2.05) is 42.3 Å². The lowest BCUT2D eigenvalue weighted by Gasteiger charge is -2.35. The number of fused-ring (bicyclic) bond motifs is 1. The van der Waals surface area contributed by atoms with Crippen molar-refractivity contribution >= 4 is 28.5 Å². The molecule has 10 nitrogen and oxygen atoms in total. The summed E-state index contributed by atoms with van der Waals surface area (Å²) in [5.41, 5.74) is 5.72. The largest absolute Gasteiger partial charge is 0.352 e. The maximum atomic E-state index is 14.1. The number of nitrogens with zero attached hydrogens (tertiary/aromatic N) is 7. The molecule has 0 atom stereocenters. The molecule has 4 heterocycles. The first-order valence-corrected chi connectivity index (χ1v) is 13.5. The van der Waals surface area contributed by atoms with Crippen molar-refractivity contribution in [3.05, 3.63) is 102 Å². The average Bonchev–Trinajstić information content (AvgIpc) is 3.31. The molecule has 0 spiro atoms. The number of piperazine rings is 1. The van der Waals surface area contributed by atoms with E-state index in [-0.39, 0.29) is 24.1 Å². The molecule has 41 heavy (non-hydrogen) atoms. The van der Waals surface area contributed by atoms with Crippen molar-refractivity contribution < 1.29 is 9.59 Å². The summed E-state index contributed by atoms with van der Waals surface area (Å²) in [6.45, 7) is 4.64. The number of anilines is 1. The number of hydrogen-bond donors (Lipinski definition) is 1. The van der Waals surface area contributed by atoms with Gasteiger partial charge in [-0.15, -0.1) is 0 Å².